The Bertz CT molecular complexity index is 507. The number of nitrogens with two attached hydrogens (primary N) is 1. The lowest BCUT2D eigenvalue weighted by Crippen LogP contribution is -1.92. The molecule has 0 bridgehead atoms. The van der Waals surface area contributed by atoms with Crippen molar-refractivity contribution in [3.8, 4) is 17.1 Å². The monoisotopic (exact) mass is 232 g/mol. The van der Waals surface area contributed by atoms with E-state index in [1.54, 1.807) is 13.2 Å². The van der Waals surface area contributed by atoms with Crippen LogP contribution in [0, 0.1) is 0 Å². The lowest BCUT2D eigenvalue weighted by Gasteiger charge is -2.05. The number of H-pyrrole nitrogens is 1. The summed E-state index contributed by atoms with van der Waals surface area (Å²) in [5.74, 6) is 2.22. The van der Waals surface area contributed by atoms with Crippen molar-refractivity contribution in [2.24, 2.45) is 0 Å². The van der Waals surface area contributed by atoms with Gasteiger partial charge in [-0.05, 0) is 18.6 Å². The minimum Gasteiger partial charge on any atom is -0.496 e. The highest BCUT2D eigenvalue weighted by Crippen LogP contribution is 2.29. The molecule has 0 radical (unpaired) electrons. The number of aryl methyl sites for hydroxylation is 1. The van der Waals surface area contributed by atoms with Crippen LogP contribution in [0.15, 0.2) is 18.2 Å². The Kier molecular flexibility index (Phi) is 3.27. The van der Waals surface area contributed by atoms with E-state index in [9.17, 15) is 0 Å². The van der Waals surface area contributed by atoms with Crippen molar-refractivity contribution in [3.63, 3.8) is 0 Å². The van der Waals surface area contributed by atoms with Gasteiger partial charge < -0.3 is 10.5 Å². The van der Waals surface area contributed by atoms with Crippen LogP contribution in [-0.4, -0.2) is 22.3 Å². The van der Waals surface area contributed by atoms with E-state index in [-0.39, 0.29) is 0 Å². The molecule has 5 nitrogen and oxygen atoms in total. The number of aromatic amines is 1. The molecule has 0 aliphatic carbocycles. The van der Waals surface area contributed by atoms with E-state index in [2.05, 4.69) is 22.1 Å². The number of benzene rings is 1. The van der Waals surface area contributed by atoms with Gasteiger partial charge in [0.2, 0.25) is 0 Å². The lowest BCUT2D eigenvalue weighted by molar-refractivity contribution is 0.416. The molecule has 0 aliphatic heterocycles. The molecule has 0 amide bonds. The summed E-state index contributed by atoms with van der Waals surface area (Å²) in [6, 6.07) is 5.45. The molecule has 0 spiro atoms. The van der Waals surface area contributed by atoms with Crippen LogP contribution in [0.2, 0.25) is 0 Å². The van der Waals surface area contributed by atoms with Gasteiger partial charge in [-0.15, -0.1) is 0 Å². The summed E-state index contributed by atoms with van der Waals surface area (Å²) >= 11 is 0. The predicted octanol–water partition coefficient (Wildman–Crippen LogP) is 2.02. The molecule has 0 aliphatic rings. The second kappa shape index (κ2) is 4.86. The quantitative estimate of drug-likeness (QED) is 0.790. The minimum atomic E-state index is 0.644. The van der Waals surface area contributed by atoms with Crippen LogP contribution < -0.4 is 10.5 Å². The fourth-order valence-corrected chi connectivity index (χ4v) is 1.66. The Morgan fingerprint density at radius 1 is 1.41 bits per heavy atom. The molecule has 2 rings (SSSR count). The van der Waals surface area contributed by atoms with Crippen molar-refractivity contribution in [1.82, 2.24) is 15.2 Å². The van der Waals surface area contributed by atoms with Crippen LogP contribution >= 0.6 is 0 Å². The zero-order valence-corrected chi connectivity index (χ0v) is 10.0. The highest BCUT2D eigenvalue weighted by atomic mass is 16.5. The van der Waals surface area contributed by atoms with Crippen LogP contribution in [0.25, 0.3) is 11.4 Å². The Morgan fingerprint density at radius 2 is 2.24 bits per heavy atom. The SMILES string of the molecule is CCCc1nc(-c2ccc(N)cc2OC)n[nH]1. The smallest absolute Gasteiger partial charge is 0.184 e. The summed E-state index contributed by atoms with van der Waals surface area (Å²) in [6.45, 7) is 2.10. The first-order valence-corrected chi connectivity index (χ1v) is 5.59. The molecule has 5 heteroatoms. The fourth-order valence-electron chi connectivity index (χ4n) is 1.66. The summed E-state index contributed by atoms with van der Waals surface area (Å²) in [5.41, 5.74) is 7.21. The van der Waals surface area contributed by atoms with Crippen LogP contribution in [0.1, 0.15) is 19.2 Å². The Balaban J connectivity index is 2.37. The molecule has 1 aromatic carbocycles. The zero-order valence-electron chi connectivity index (χ0n) is 10.0. The summed E-state index contributed by atoms with van der Waals surface area (Å²) < 4.78 is 5.28. The molecule has 0 saturated heterocycles. The molecule has 1 heterocycles. The van der Waals surface area contributed by atoms with Gasteiger partial charge in [0.15, 0.2) is 5.82 Å². The summed E-state index contributed by atoms with van der Waals surface area (Å²) in [6.07, 6.45) is 1.93. The number of aromatic nitrogens is 3. The van der Waals surface area contributed by atoms with E-state index >= 15 is 0 Å². The van der Waals surface area contributed by atoms with Gasteiger partial charge in [0, 0.05) is 18.2 Å². The minimum absolute atomic E-state index is 0.644. The maximum atomic E-state index is 5.71. The summed E-state index contributed by atoms with van der Waals surface area (Å²) in [5, 5.41) is 7.11. The standard InChI is InChI=1S/C12H16N4O/c1-3-4-11-14-12(16-15-11)9-6-5-8(13)7-10(9)17-2/h5-7H,3-4,13H2,1-2H3,(H,14,15,16). The predicted molar refractivity (Wildman–Crippen MR) is 66.8 cm³/mol. The Morgan fingerprint density at radius 3 is 2.94 bits per heavy atom. The van der Waals surface area contributed by atoms with Crippen molar-refractivity contribution in [2.75, 3.05) is 12.8 Å². The van der Waals surface area contributed by atoms with E-state index in [0.29, 0.717) is 17.3 Å². The van der Waals surface area contributed by atoms with Crippen molar-refractivity contribution >= 4 is 5.69 Å². The highest BCUT2D eigenvalue weighted by molar-refractivity contribution is 5.67. The Hall–Kier alpha value is -2.04. The van der Waals surface area contributed by atoms with Crippen LogP contribution in [-0.2, 0) is 6.42 Å². The molecule has 0 fully saturated rings. The third kappa shape index (κ3) is 2.38. The van der Waals surface area contributed by atoms with Crippen LogP contribution in [0.5, 0.6) is 5.75 Å². The second-order valence-electron chi connectivity index (χ2n) is 3.82. The van der Waals surface area contributed by atoms with E-state index in [0.717, 1.165) is 24.2 Å². The Labute approximate surface area is 100 Å². The van der Waals surface area contributed by atoms with Crippen LogP contribution in [0.3, 0.4) is 0 Å². The molecule has 90 valence electrons. The summed E-state index contributed by atoms with van der Waals surface area (Å²) in [7, 11) is 1.61. The highest BCUT2D eigenvalue weighted by Gasteiger charge is 2.11. The number of nitrogens with zero attached hydrogens (tertiary/aromatic N) is 2. The van der Waals surface area contributed by atoms with Gasteiger partial charge in [-0.2, -0.15) is 5.10 Å². The van der Waals surface area contributed by atoms with Gasteiger partial charge in [0.25, 0.3) is 0 Å². The first-order valence-electron chi connectivity index (χ1n) is 5.59. The van der Waals surface area contributed by atoms with Gasteiger partial charge >= 0.3 is 0 Å². The van der Waals surface area contributed by atoms with Gasteiger partial charge in [-0.3, -0.25) is 5.10 Å². The molecule has 3 N–H and O–H groups in total. The summed E-state index contributed by atoms with van der Waals surface area (Å²) in [4.78, 5) is 4.42. The number of nitrogen functional groups attached to an aromatic ring is 1. The van der Waals surface area contributed by atoms with Crippen molar-refractivity contribution in [1.29, 1.82) is 0 Å². The number of hydrogen-bond acceptors (Lipinski definition) is 4. The number of hydrogen-bond donors (Lipinski definition) is 2. The van der Waals surface area contributed by atoms with E-state index in [4.69, 9.17) is 10.5 Å². The van der Waals surface area contributed by atoms with Crippen molar-refractivity contribution in [3.05, 3.63) is 24.0 Å². The first-order chi connectivity index (χ1) is 8.24. The fraction of sp³-hybridized carbons (Fsp3) is 0.333. The van der Waals surface area contributed by atoms with Gasteiger partial charge in [0.05, 0.1) is 12.7 Å². The average molecular weight is 232 g/mol. The molecule has 0 unspecified atom stereocenters. The number of nitrogens with one attached hydrogen (secondary N) is 1. The molecule has 0 atom stereocenters. The number of anilines is 1. The maximum absolute atomic E-state index is 5.71. The van der Waals surface area contributed by atoms with E-state index in [1.165, 1.54) is 0 Å². The third-order valence-corrected chi connectivity index (χ3v) is 2.49. The van der Waals surface area contributed by atoms with Crippen molar-refractivity contribution < 1.29 is 4.74 Å². The second-order valence-corrected chi connectivity index (χ2v) is 3.82. The maximum Gasteiger partial charge on any atom is 0.184 e. The third-order valence-electron chi connectivity index (χ3n) is 2.49. The van der Waals surface area contributed by atoms with Gasteiger partial charge in [-0.1, -0.05) is 6.92 Å². The lowest BCUT2D eigenvalue weighted by atomic mass is 10.1. The number of rotatable bonds is 4. The zero-order chi connectivity index (χ0) is 12.3. The topological polar surface area (TPSA) is 76.8 Å². The molecule has 2 aromatic rings. The molecular formula is C12H16N4O. The van der Waals surface area contributed by atoms with Crippen LogP contribution in [0.4, 0.5) is 5.69 Å². The average Bonchev–Trinajstić information content (AvgIpc) is 2.78. The van der Waals surface area contributed by atoms with Gasteiger partial charge in [0.1, 0.15) is 11.6 Å². The van der Waals surface area contributed by atoms with Crippen molar-refractivity contribution in [2.45, 2.75) is 19.8 Å². The largest absolute Gasteiger partial charge is 0.496 e. The molecule has 0 saturated carbocycles. The number of ether oxygens (including phenoxy) is 1. The first kappa shape index (κ1) is 11.4. The number of methoxy groups -OCH3 is 1. The molecule has 17 heavy (non-hydrogen) atoms. The molecule has 1 aromatic heterocycles. The normalized spacial score (nSPS) is 10.5. The van der Waals surface area contributed by atoms with E-state index in [1.807, 2.05) is 12.1 Å². The van der Waals surface area contributed by atoms with Gasteiger partial charge in [-0.25, -0.2) is 4.98 Å². The molecular weight excluding hydrogens is 216 g/mol. The van der Waals surface area contributed by atoms with E-state index < -0.39 is 0 Å².